The zero-order valence-corrected chi connectivity index (χ0v) is 12.3. The standard InChI is InChI=1S/C16H15ClN4/c17-14-8-12-2-1-3-19-16(12)13(9-14)10-20-6-7-21-5-4-18-15(21)11-20/h1-5,8-9H,6-7,10-11H2. The topological polar surface area (TPSA) is 34.0 Å². The molecule has 0 unspecified atom stereocenters. The first-order valence-electron chi connectivity index (χ1n) is 7.05. The summed E-state index contributed by atoms with van der Waals surface area (Å²) in [4.78, 5) is 11.3. The minimum Gasteiger partial charge on any atom is -0.333 e. The summed E-state index contributed by atoms with van der Waals surface area (Å²) in [6, 6.07) is 8.00. The van der Waals surface area contributed by atoms with Crippen LogP contribution in [0.4, 0.5) is 0 Å². The van der Waals surface area contributed by atoms with Crippen LogP contribution in [0.3, 0.4) is 0 Å². The van der Waals surface area contributed by atoms with Gasteiger partial charge in [-0.25, -0.2) is 4.98 Å². The van der Waals surface area contributed by atoms with Gasteiger partial charge in [-0.15, -0.1) is 0 Å². The number of aromatic nitrogens is 3. The average molecular weight is 299 g/mol. The van der Waals surface area contributed by atoms with Crippen molar-refractivity contribution in [2.75, 3.05) is 6.54 Å². The summed E-state index contributed by atoms with van der Waals surface area (Å²) < 4.78 is 2.21. The third kappa shape index (κ3) is 2.41. The van der Waals surface area contributed by atoms with Gasteiger partial charge in [0, 0.05) is 48.6 Å². The molecule has 3 aromatic rings. The molecule has 0 bridgehead atoms. The Morgan fingerprint density at radius 2 is 2.10 bits per heavy atom. The van der Waals surface area contributed by atoms with E-state index in [0.29, 0.717) is 0 Å². The smallest absolute Gasteiger partial charge is 0.122 e. The molecular formula is C16H15ClN4. The van der Waals surface area contributed by atoms with Crippen LogP contribution in [-0.4, -0.2) is 26.0 Å². The molecule has 106 valence electrons. The van der Waals surface area contributed by atoms with Gasteiger partial charge >= 0.3 is 0 Å². The predicted molar refractivity (Wildman–Crippen MR) is 83.1 cm³/mol. The molecule has 0 saturated carbocycles. The number of halogens is 1. The molecule has 3 heterocycles. The van der Waals surface area contributed by atoms with Crippen molar-refractivity contribution in [2.45, 2.75) is 19.6 Å². The van der Waals surface area contributed by atoms with Crippen molar-refractivity contribution in [3.8, 4) is 0 Å². The van der Waals surface area contributed by atoms with Crippen molar-refractivity contribution < 1.29 is 0 Å². The van der Waals surface area contributed by atoms with Crippen LogP contribution < -0.4 is 0 Å². The molecule has 21 heavy (non-hydrogen) atoms. The van der Waals surface area contributed by atoms with Crippen molar-refractivity contribution in [3.63, 3.8) is 0 Å². The molecule has 0 fully saturated rings. The van der Waals surface area contributed by atoms with E-state index in [4.69, 9.17) is 11.6 Å². The molecule has 2 aromatic heterocycles. The Morgan fingerprint density at radius 1 is 1.14 bits per heavy atom. The number of imidazole rings is 1. The van der Waals surface area contributed by atoms with Crippen LogP contribution in [0.5, 0.6) is 0 Å². The summed E-state index contributed by atoms with van der Waals surface area (Å²) in [6.07, 6.45) is 5.75. The molecule has 5 heteroatoms. The fourth-order valence-electron chi connectivity index (χ4n) is 2.95. The maximum absolute atomic E-state index is 6.24. The van der Waals surface area contributed by atoms with Gasteiger partial charge in [-0.1, -0.05) is 17.7 Å². The van der Waals surface area contributed by atoms with Gasteiger partial charge < -0.3 is 4.57 Å². The third-order valence-electron chi connectivity index (χ3n) is 3.97. The Kier molecular flexibility index (Phi) is 3.13. The lowest BCUT2D eigenvalue weighted by atomic mass is 10.1. The molecule has 0 spiro atoms. The quantitative estimate of drug-likeness (QED) is 0.729. The van der Waals surface area contributed by atoms with Gasteiger partial charge in [-0.3, -0.25) is 9.88 Å². The molecule has 0 N–H and O–H groups in total. The summed E-state index contributed by atoms with van der Waals surface area (Å²) >= 11 is 6.24. The van der Waals surface area contributed by atoms with Crippen LogP contribution in [0.1, 0.15) is 11.4 Å². The highest BCUT2D eigenvalue weighted by atomic mass is 35.5. The van der Waals surface area contributed by atoms with E-state index in [0.717, 1.165) is 47.9 Å². The summed E-state index contributed by atoms with van der Waals surface area (Å²) in [6.45, 7) is 3.72. The molecule has 1 aliphatic heterocycles. The molecule has 1 aromatic carbocycles. The molecule has 1 aliphatic rings. The van der Waals surface area contributed by atoms with E-state index >= 15 is 0 Å². The van der Waals surface area contributed by atoms with Crippen LogP contribution in [0, 0.1) is 0 Å². The lowest BCUT2D eigenvalue weighted by Gasteiger charge is -2.27. The molecule has 0 radical (unpaired) electrons. The predicted octanol–water partition coefficient (Wildman–Crippen LogP) is 3.10. The number of hydrogen-bond acceptors (Lipinski definition) is 3. The van der Waals surface area contributed by atoms with E-state index in [1.54, 1.807) is 0 Å². The van der Waals surface area contributed by atoms with Crippen molar-refractivity contribution in [3.05, 3.63) is 59.3 Å². The number of benzene rings is 1. The summed E-state index contributed by atoms with van der Waals surface area (Å²) in [5, 5.41) is 1.86. The number of pyridine rings is 1. The van der Waals surface area contributed by atoms with Gasteiger partial charge in [-0.2, -0.15) is 0 Å². The van der Waals surface area contributed by atoms with E-state index in [1.807, 2.05) is 36.8 Å². The Labute approximate surface area is 128 Å². The van der Waals surface area contributed by atoms with Gasteiger partial charge in [0.15, 0.2) is 0 Å². The van der Waals surface area contributed by atoms with E-state index < -0.39 is 0 Å². The molecule has 0 atom stereocenters. The largest absolute Gasteiger partial charge is 0.333 e. The minimum absolute atomic E-state index is 0.768. The minimum atomic E-state index is 0.768. The Balaban J connectivity index is 1.66. The van der Waals surface area contributed by atoms with E-state index in [1.165, 1.54) is 5.56 Å². The lowest BCUT2D eigenvalue weighted by molar-refractivity contribution is 0.209. The van der Waals surface area contributed by atoms with Crippen LogP contribution in [0.15, 0.2) is 42.9 Å². The summed E-state index contributed by atoms with van der Waals surface area (Å²) in [5.41, 5.74) is 2.22. The first-order chi connectivity index (χ1) is 10.3. The second-order valence-corrected chi connectivity index (χ2v) is 5.82. The van der Waals surface area contributed by atoms with Crippen molar-refractivity contribution in [1.82, 2.24) is 19.4 Å². The van der Waals surface area contributed by atoms with E-state index in [9.17, 15) is 0 Å². The van der Waals surface area contributed by atoms with Crippen LogP contribution in [0.2, 0.25) is 5.02 Å². The van der Waals surface area contributed by atoms with Crippen LogP contribution in [0.25, 0.3) is 10.9 Å². The van der Waals surface area contributed by atoms with Gasteiger partial charge in [-0.05, 0) is 23.8 Å². The van der Waals surface area contributed by atoms with E-state index in [2.05, 4.69) is 25.5 Å². The zero-order valence-electron chi connectivity index (χ0n) is 11.5. The molecule has 0 saturated heterocycles. The van der Waals surface area contributed by atoms with Crippen LogP contribution >= 0.6 is 11.6 Å². The third-order valence-corrected chi connectivity index (χ3v) is 4.18. The Morgan fingerprint density at radius 3 is 3.05 bits per heavy atom. The summed E-state index contributed by atoms with van der Waals surface area (Å²) in [5.74, 6) is 1.13. The molecular weight excluding hydrogens is 284 g/mol. The molecule has 0 aliphatic carbocycles. The normalized spacial score (nSPS) is 15.3. The fraction of sp³-hybridized carbons (Fsp3) is 0.250. The maximum atomic E-state index is 6.24. The highest BCUT2D eigenvalue weighted by Crippen LogP contribution is 2.24. The SMILES string of the molecule is Clc1cc(CN2CCn3ccnc3C2)c2ncccc2c1. The monoisotopic (exact) mass is 298 g/mol. The highest BCUT2D eigenvalue weighted by Gasteiger charge is 2.17. The van der Waals surface area contributed by atoms with E-state index in [-0.39, 0.29) is 0 Å². The lowest BCUT2D eigenvalue weighted by Crippen LogP contribution is -2.33. The summed E-state index contributed by atoms with van der Waals surface area (Å²) in [7, 11) is 0. The second kappa shape index (κ2) is 5.13. The Bertz CT molecular complexity index is 796. The van der Waals surface area contributed by atoms with Gasteiger partial charge in [0.25, 0.3) is 0 Å². The number of fused-ring (bicyclic) bond motifs is 2. The van der Waals surface area contributed by atoms with Gasteiger partial charge in [0.05, 0.1) is 12.1 Å². The van der Waals surface area contributed by atoms with Gasteiger partial charge in [0.2, 0.25) is 0 Å². The zero-order chi connectivity index (χ0) is 14.2. The fourth-order valence-corrected chi connectivity index (χ4v) is 3.20. The highest BCUT2D eigenvalue weighted by molar-refractivity contribution is 6.31. The molecule has 4 rings (SSSR count). The molecule has 4 nitrogen and oxygen atoms in total. The van der Waals surface area contributed by atoms with Gasteiger partial charge in [0.1, 0.15) is 5.82 Å². The average Bonchev–Trinajstić information content (AvgIpc) is 2.94. The first kappa shape index (κ1) is 12.8. The Hall–Kier alpha value is -1.91. The second-order valence-electron chi connectivity index (χ2n) is 5.39. The number of hydrogen-bond donors (Lipinski definition) is 0. The van der Waals surface area contributed by atoms with Crippen molar-refractivity contribution >= 4 is 22.5 Å². The number of rotatable bonds is 2. The van der Waals surface area contributed by atoms with Crippen LogP contribution in [-0.2, 0) is 19.6 Å². The van der Waals surface area contributed by atoms with Crippen molar-refractivity contribution in [2.24, 2.45) is 0 Å². The number of nitrogens with zero attached hydrogens (tertiary/aromatic N) is 4. The molecule has 0 amide bonds. The first-order valence-corrected chi connectivity index (χ1v) is 7.43. The van der Waals surface area contributed by atoms with Crippen molar-refractivity contribution in [1.29, 1.82) is 0 Å². The maximum Gasteiger partial charge on any atom is 0.122 e.